The third-order valence-corrected chi connectivity index (χ3v) is 4.22. The molecule has 10 heteroatoms. The van der Waals surface area contributed by atoms with Crippen molar-refractivity contribution in [3.63, 3.8) is 0 Å². The summed E-state index contributed by atoms with van der Waals surface area (Å²) < 4.78 is 5.02. The molecular formula is C20H19N5O5. The van der Waals surface area contributed by atoms with Crippen molar-refractivity contribution in [1.82, 2.24) is 15.0 Å². The van der Waals surface area contributed by atoms with Crippen molar-refractivity contribution in [3.05, 3.63) is 75.1 Å². The Kier molecular flexibility index (Phi) is 5.86. The maximum Gasteiger partial charge on any atom is 0.361 e. The summed E-state index contributed by atoms with van der Waals surface area (Å²) in [7, 11) is 0. The largest absolute Gasteiger partial charge is 0.451 e. The number of nitro groups is 1. The number of aryl methyl sites for hydroxylation is 3. The van der Waals surface area contributed by atoms with Crippen LogP contribution in [0.1, 0.15) is 27.3 Å². The van der Waals surface area contributed by atoms with Crippen molar-refractivity contribution in [2.24, 2.45) is 0 Å². The minimum atomic E-state index is -0.794. The summed E-state index contributed by atoms with van der Waals surface area (Å²) in [5.41, 5.74) is 3.18. The first-order valence-electron chi connectivity index (χ1n) is 8.97. The number of nitrogens with one attached hydrogen (secondary N) is 1. The number of esters is 1. The lowest BCUT2D eigenvalue weighted by molar-refractivity contribution is -0.384. The Hall–Kier alpha value is -4.08. The summed E-state index contributed by atoms with van der Waals surface area (Å²) in [4.78, 5) is 35.9. The molecule has 1 amide bonds. The zero-order valence-electron chi connectivity index (χ0n) is 16.6. The fraction of sp³-hybridized carbons (Fsp3) is 0.200. The summed E-state index contributed by atoms with van der Waals surface area (Å²) >= 11 is 0. The monoisotopic (exact) mass is 409 g/mol. The van der Waals surface area contributed by atoms with Gasteiger partial charge in [0.15, 0.2) is 12.3 Å². The molecule has 0 aliphatic carbocycles. The predicted octanol–water partition coefficient (Wildman–Crippen LogP) is 2.90. The molecule has 0 atom stereocenters. The van der Waals surface area contributed by atoms with Gasteiger partial charge < -0.3 is 10.1 Å². The van der Waals surface area contributed by atoms with E-state index in [9.17, 15) is 19.7 Å². The Labute approximate surface area is 171 Å². The van der Waals surface area contributed by atoms with Gasteiger partial charge in [-0.25, -0.2) is 4.79 Å². The molecule has 0 saturated carbocycles. The van der Waals surface area contributed by atoms with Gasteiger partial charge in [-0.3, -0.25) is 14.9 Å². The second kappa shape index (κ2) is 8.52. The first-order valence-corrected chi connectivity index (χ1v) is 8.97. The lowest BCUT2D eigenvalue weighted by atomic mass is 10.1. The first kappa shape index (κ1) is 20.6. The molecule has 3 rings (SSSR count). The average molecular weight is 409 g/mol. The molecule has 1 N–H and O–H groups in total. The van der Waals surface area contributed by atoms with E-state index >= 15 is 0 Å². The number of hydrogen-bond donors (Lipinski definition) is 1. The number of hydrogen-bond acceptors (Lipinski definition) is 7. The summed E-state index contributed by atoms with van der Waals surface area (Å²) in [6.45, 7) is 4.93. The summed E-state index contributed by atoms with van der Waals surface area (Å²) in [6.07, 6.45) is 0. The molecule has 0 aliphatic heterocycles. The van der Waals surface area contributed by atoms with Crippen LogP contribution in [0.25, 0.3) is 5.69 Å². The molecule has 0 radical (unpaired) electrons. The number of amides is 1. The second-order valence-corrected chi connectivity index (χ2v) is 6.65. The molecule has 1 heterocycles. The Morgan fingerprint density at radius 3 is 2.60 bits per heavy atom. The van der Waals surface area contributed by atoms with Crippen LogP contribution in [0.4, 0.5) is 11.4 Å². The van der Waals surface area contributed by atoms with Crippen molar-refractivity contribution in [2.75, 3.05) is 11.9 Å². The number of nitro benzene ring substituents is 1. The van der Waals surface area contributed by atoms with Gasteiger partial charge in [0.05, 0.1) is 16.3 Å². The minimum absolute atomic E-state index is 0.00174. The third-order valence-electron chi connectivity index (χ3n) is 4.22. The van der Waals surface area contributed by atoms with E-state index in [0.29, 0.717) is 5.69 Å². The van der Waals surface area contributed by atoms with Crippen molar-refractivity contribution >= 4 is 23.3 Å². The van der Waals surface area contributed by atoms with Gasteiger partial charge in [-0.05, 0) is 38.5 Å². The van der Waals surface area contributed by atoms with Crippen LogP contribution in [-0.2, 0) is 9.53 Å². The number of anilines is 1. The Morgan fingerprint density at radius 1 is 1.13 bits per heavy atom. The number of carbonyl (C=O) groups excluding carboxylic acids is 2. The van der Waals surface area contributed by atoms with Gasteiger partial charge in [0.2, 0.25) is 0 Å². The molecule has 0 saturated heterocycles. The normalized spacial score (nSPS) is 10.5. The predicted molar refractivity (Wildman–Crippen MR) is 108 cm³/mol. The van der Waals surface area contributed by atoms with E-state index in [0.717, 1.165) is 16.8 Å². The molecule has 3 aromatic rings. The van der Waals surface area contributed by atoms with Gasteiger partial charge in [0.25, 0.3) is 11.6 Å². The summed E-state index contributed by atoms with van der Waals surface area (Å²) in [5, 5.41) is 21.7. The lowest BCUT2D eigenvalue weighted by Gasteiger charge is -2.06. The molecule has 2 aromatic carbocycles. The summed E-state index contributed by atoms with van der Waals surface area (Å²) in [5.74, 6) is -1.43. The van der Waals surface area contributed by atoms with Crippen LogP contribution in [0.15, 0.2) is 42.5 Å². The van der Waals surface area contributed by atoms with Crippen LogP contribution < -0.4 is 5.32 Å². The van der Waals surface area contributed by atoms with Gasteiger partial charge >= 0.3 is 5.97 Å². The van der Waals surface area contributed by atoms with Crippen LogP contribution in [0, 0.1) is 30.9 Å². The summed E-state index contributed by atoms with van der Waals surface area (Å²) in [6, 6.07) is 11.2. The fourth-order valence-corrected chi connectivity index (χ4v) is 2.80. The van der Waals surface area contributed by atoms with E-state index in [1.54, 1.807) is 6.92 Å². The molecule has 0 unspecified atom stereocenters. The number of carbonyl (C=O) groups is 2. The molecule has 10 nitrogen and oxygen atoms in total. The molecule has 0 aliphatic rings. The smallest absolute Gasteiger partial charge is 0.361 e. The van der Waals surface area contributed by atoms with E-state index in [1.165, 1.54) is 29.1 Å². The van der Waals surface area contributed by atoms with E-state index < -0.39 is 23.4 Å². The first-order chi connectivity index (χ1) is 14.2. The maximum absolute atomic E-state index is 12.3. The lowest BCUT2D eigenvalue weighted by Crippen LogP contribution is -2.21. The molecule has 0 bridgehead atoms. The fourth-order valence-electron chi connectivity index (χ4n) is 2.80. The standard InChI is InChI=1S/C20H19N5O5/c1-12-7-8-17(13(2)9-12)24-22-14(3)19(23-24)20(27)30-11-18(26)21-15-5-4-6-16(10-15)25(28)29/h4-10H,11H2,1-3H3,(H,21,26). The van der Waals surface area contributed by atoms with Crippen molar-refractivity contribution in [3.8, 4) is 5.69 Å². The van der Waals surface area contributed by atoms with Gasteiger partial charge in [0, 0.05) is 17.8 Å². The highest BCUT2D eigenvalue weighted by molar-refractivity contribution is 5.95. The highest BCUT2D eigenvalue weighted by Crippen LogP contribution is 2.17. The topological polar surface area (TPSA) is 129 Å². The molecule has 30 heavy (non-hydrogen) atoms. The second-order valence-electron chi connectivity index (χ2n) is 6.65. The van der Waals surface area contributed by atoms with Gasteiger partial charge in [-0.2, -0.15) is 9.90 Å². The quantitative estimate of drug-likeness (QED) is 0.376. The van der Waals surface area contributed by atoms with Crippen LogP contribution >= 0.6 is 0 Å². The maximum atomic E-state index is 12.3. The van der Waals surface area contributed by atoms with Crippen LogP contribution in [0.2, 0.25) is 0 Å². The zero-order chi connectivity index (χ0) is 21.8. The SMILES string of the molecule is Cc1ccc(-n2nc(C)c(C(=O)OCC(=O)Nc3cccc([N+](=O)[O-])c3)n2)c(C)c1. The Balaban J connectivity index is 1.65. The van der Waals surface area contributed by atoms with E-state index in [1.807, 2.05) is 32.0 Å². The molecule has 0 spiro atoms. The van der Waals surface area contributed by atoms with Gasteiger partial charge in [0.1, 0.15) is 0 Å². The number of nitrogens with zero attached hydrogens (tertiary/aromatic N) is 4. The number of benzene rings is 2. The number of aromatic nitrogens is 3. The molecule has 154 valence electrons. The van der Waals surface area contributed by atoms with Crippen molar-refractivity contribution in [2.45, 2.75) is 20.8 Å². The third kappa shape index (κ3) is 4.66. The molecule has 1 aromatic heterocycles. The highest BCUT2D eigenvalue weighted by Gasteiger charge is 2.20. The van der Waals surface area contributed by atoms with E-state index in [-0.39, 0.29) is 17.1 Å². The van der Waals surface area contributed by atoms with Crippen LogP contribution in [0.5, 0.6) is 0 Å². The average Bonchev–Trinajstić information content (AvgIpc) is 3.07. The Bertz CT molecular complexity index is 1140. The van der Waals surface area contributed by atoms with E-state index in [2.05, 4.69) is 15.5 Å². The molecule has 0 fully saturated rings. The van der Waals surface area contributed by atoms with Crippen molar-refractivity contribution in [1.29, 1.82) is 0 Å². The van der Waals surface area contributed by atoms with Crippen LogP contribution in [-0.4, -0.2) is 38.4 Å². The number of rotatable bonds is 6. The highest BCUT2D eigenvalue weighted by atomic mass is 16.6. The minimum Gasteiger partial charge on any atom is -0.451 e. The Morgan fingerprint density at radius 2 is 1.90 bits per heavy atom. The number of ether oxygens (including phenoxy) is 1. The zero-order valence-corrected chi connectivity index (χ0v) is 16.6. The van der Waals surface area contributed by atoms with Crippen molar-refractivity contribution < 1.29 is 19.2 Å². The van der Waals surface area contributed by atoms with Crippen LogP contribution in [0.3, 0.4) is 0 Å². The molecular weight excluding hydrogens is 390 g/mol. The van der Waals surface area contributed by atoms with Gasteiger partial charge in [-0.1, -0.05) is 23.8 Å². The number of non-ortho nitro benzene ring substituents is 1. The van der Waals surface area contributed by atoms with Gasteiger partial charge in [-0.15, -0.1) is 5.10 Å². The van der Waals surface area contributed by atoms with E-state index in [4.69, 9.17) is 4.74 Å².